The van der Waals surface area contributed by atoms with E-state index in [4.69, 9.17) is 0 Å². The molecule has 0 saturated carbocycles. The molecular weight excluding hydrogens is 112 g/mol. The number of rotatable bonds is 2. The molecule has 0 radical (unpaired) electrons. The highest BCUT2D eigenvalue weighted by Crippen LogP contribution is 2.05. The van der Waals surface area contributed by atoms with Crippen LogP contribution in [0, 0.1) is 0 Å². The highest BCUT2D eigenvalue weighted by atomic mass is 14.9. The molecule has 1 aliphatic rings. The van der Waals surface area contributed by atoms with Gasteiger partial charge >= 0.3 is 0 Å². The average Bonchev–Trinajstić information content (AvgIpc) is 1.91. The minimum atomic E-state index is 0.882. The molecule has 0 unspecified atom stereocenters. The third-order valence-electron chi connectivity index (χ3n) is 1.24. The van der Waals surface area contributed by atoms with Crippen molar-refractivity contribution in [2.45, 2.75) is 19.8 Å². The van der Waals surface area contributed by atoms with Crippen molar-refractivity contribution >= 4 is 6.21 Å². The first-order valence-corrected chi connectivity index (χ1v) is 3.38. The molecule has 1 N–H and O–H groups in total. The van der Waals surface area contributed by atoms with Crippen LogP contribution in [0.2, 0.25) is 0 Å². The van der Waals surface area contributed by atoms with Crippen molar-refractivity contribution < 1.29 is 0 Å². The van der Waals surface area contributed by atoms with Crippen LogP contribution in [0.4, 0.5) is 0 Å². The van der Waals surface area contributed by atoms with Crippen LogP contribution in [-0.2, 0) is 0 Å². The van der Waals surface area contributed by atoms with Crippen LogP contribution in [0.1, 0.15) is 19.8 Å². The second kappa shape index (κ2) is 3.28. The van der Waals surface area contributed by atoms with Crippen LogP contribution in [0.15, 0.2) is 16.9 Å². The van der Waals surface area contributed by atoms with Gasteiger partial charge in [0.15, 0.2) is 0 Å². The number of hydrogen-bond acceptors (Lipinski definition) is 2. The molecule has 1 heterocycles. The lowest BCUT2D eigenvalue weighted by atomic mass is 10.2. The van der Waals surface area contributed by atoms with Crippen LogP contribution in [0.3, 0.4) is 0 Å². The summed E-state index contributed by atoms with van der Waals surface area (Å²) in [6, 6.07) is 0. The molecule has 2 nitrogen and oxygen atoms in total. The first-order chi connectivity index (χ1) is 4.43. The second-order valence-corrected chi connectivity index (χ2v) is 2.11. The standard InChI is InChI=1S/C7H12N2/c1-2-3-7-6-8-4-5-9-7/h5-6,8H,2-4H2,1H3. The van der Waals surface area contributed by atoms with Crippen molar-refractivity contribution in [1.29, 1.82) is 0 Å². The van der Waals surface area contributed by atoms with Gasteiger partial charge in [-0.15, -0.1) is 0 Å². The molecule has 2 heteroatoms. The normalized spacial score (nSPS) is 16.8. The number of nitrogens with zero attached hydrogens (tertiary/aromatic N) is 1. The van der Waals surface area contributed by atoms with Gasteiger partial charge in [-0.25, -0.2) is 0 Å². The third-order valence-corrected chi connectivity index (χ3v) is 1.24. The highest BCUT2D eigenvalue weighted by molar-refractivity contribution is 5.62. The summed E-state index contributed by atoms with van der Waals surface area (Å²) in [6.45, 7) is 3.04. The van der Waals surface area contributed by atoms with E-state index in [0.29, 0.717) is 0 Å². The average molecular weight is 124 g/mol. The zero-order valence-electron chi connectivity index (χ0n) is 5.72. The van der Waals surface area contributed by atoms with Gasteiger partial charge in [-0.2, -0.15) is 0 Å². The smallest absolute Gasteiger partial charge is 0.0556 e. The molecule has 50 valence electrons. The van der Waals surface area contributed by atoms with Crippen molar-refractivity contribution in [3.8, 4) is 0 Å². The fraction of sp³-hybridized carbons (Fsp3) is 0.571. The van der Waals surface area contributed by atoms with Crippen LogP contribution in [-0.4, -0.2) is 12.8 Å². The zero-order valence-corrected chi connectivity index (χ0v) is 5.72. The SMILES string of the molecule is CCCC1=CNCC=N1. The lowest BCUT2D eigenvalue weighted by molar-refractivity contribution is 0.853. The Morgan fingerprint density at radius 2 is 2.67 bits per heavy atom. The maximum Gasteiger partial charge on any atom is 0.0556 e. The number of allylic oxidation sites excluding steroid dienone is 1. The van der Waals surface area contributed by atoms with Gasteiger partial charge in [-0.3, -0.25) is 4.99 Å². The van der Waals surface area contributed by atoms with Gasteiger partial charge in [-0.1, -0.05) is 13.3 Å². The van der Waals surface area contributed by atoms with E-state index in [2.05, 4.69) is 17.2 Å². The monoisotopic (exact) mass is 124 g/mol. The first-order valence-electron chi connectivity index (χ1n) is 3.38. The minimum absolute atomic E-state index is 0.882. The Labute approximate surface area is 55.7 Å². The summed E-state index contributed by atoms with van der Waals surface area (Å²) in [5, 5.41) is 3.11. The fourth-order valence-electron chi connectivity index (χ4n) is 0.822. The van der Waals surface area contributed by atoms with Crippen LogP contribution in [0.25, 0.3) is 0 Å². The van der Waals surface area contributed by atoms with Gasteiger partial charge in [0.25, 0.3) is 0 Å². The Morgan fingerprint density at radius 1 is 1.78 bits per heavy atom. The molecule has 1 aliphatic heterocycles. The van der Waals surface area contributed by atoms with Crippen LogP contribution in [0.5, 0.6) is 0 Å². The van der Waals surface area contributed by atoms with E-state index in [1.807, 2.05) is 12.4 Å². The summed E-state index contributed by atoms with van der Waals surface area (Å²) in [7, 11) is 0. The predicted molar refractivity (Wildman–Crippen MR) is 39.5 cm³/mol. The molecule has 0 fully saturated rings. The van der Waals surface area contributed by atoms with Crippen LogP contribution >= 0.6 is 0 Å². The molecule has 0 atom stereocenters. The van der Waals surface area contributed by atoms with Crippen molar-refractivity contribution in [3.63, 3.8) is 0 Å². The molecule has 0 aromatic rings. The van der Waals surface area contributed by atoms with Crippen molar-refractivity contribution in [1.82, 2.24) is 5.32 Å². The summed E-state index contributed by atoms with van der Waals surface area (Å²) in [5.74, 6) is 0. The van der Waals surface area contributed by atoms with Gasteiger partial charge in [0, 0.05) is 19.0 Å². The first kappa shape index (κ1) is 6.33. The summed E-state index contributed by atoms with van der Waals surface area (Å²) >= 11 is 0. The molecule has 0 spiro atoms. The molecule has 1 rings (SSSR count). The Morgan fingerprint density at radius 3 is 3.22 bits per heavy atom. The third kappa shape index (κ3) is 1.88. The summed E-state index contributed by atoms with van der Waals surface area (Å²) in [6.07, 6.45) is 6.16. The summed E-state index contributed by atoms with van der Waals surface area (Å²) < 4.78 is 0. The summed E-state index contributed by atoms with van der Waals surface area (Å²) in [4.78, 5) is 4.19. The second-order valence-electron chi connectivity index (χ2n) is 2.11. The zero-order chi connectivity index (χ0) is 6.53. The number of aliphatic imine (C=N–C) groups is 1. The largest absolute Gasteiger partial charge is 0.384 e. The van der Waals surface area contributed by atoms with E-state index in [1.165, 1.54) is 12.1 Å². The molecule has 9 heavy (non-hydrogen) atoms. The number of nitrogens with one attached hydrogen (secondary N) is 1. The van der Waals surface area contributed by atoms with Gasteiger partial charge in [-0.05, 0) is 6.42 Å². The van der Waals surface area contributed by atoms with Gasteiger partial charge in [0.05, 0.1) is 5.70 Å². The van der Waals surface area contributed by atoms with E-state index in [0.717, 1.165) is 13.0 Å². The minimum Gasteiger partial charge on any atom is -0.384 e. The maximum absolute atomic E-state index is 4.19. The Balaban J connectivity index is 2.38. The molecule has 0 aliphatic carbocycles. The molecule has 0 amide bonds. The van der Waals surface area contributed by atoms with E-state index < -0.39 is 0 Å². The van der Waals surface area contributed by atoms with Crippen molar-refractivity contribution in [2.24, 2.45) is 4.99 Å². The van der Waals surface area contributed by atoms with Gasteiger partial charge in [0.1, 0.15) is 0 Å². The van der Waals surface area contributed by atoms with Crippen molar-refractivity contribution in [2.75, 3.05) is 6.54 Å². The fourth-order valence-corrected chi connectivity index (χ4v) is 0.822. The van der Waals surface area contributed by atoms with Gasteiger partial charge < -0.3 is 5.32 Å². The quantitative estimate of drug-likeness (QED) is 0.589. The molecule has 0 bridgehead atoms. The van der Waals surface area contributed by atoms with Gasteiger partial charge in [0.2, 0.25) is 0 Å². The molecule has 0 saturated heterocycles. The van der Waals surface area contributed by atoms with E-state index in [1.54, 1.807) is 0 Å². The van der Waals surface area contributed by atoms with Crippen LogP contribution < -0.4 is 5.32 Å². The predicted octanol–water partition coefficient (Wildman–Crippen LogP) is 1.30. The Hall–Kier alpha value is -0.790. The highest BCUT2D eigenvalue weighted by Gasteiger charge is 1.93. The van der Waals surface area contributed by atoms with Crippen molar-refractivity contribution in [3.05, 3.63) is 11.9 Å². The maximum atomic E-state index is 4.19. The van der Waals surface area contributed by atoms with E-state index in [-0.39, 0.29) is 0 Å². The van der Waals surface area contributed by atoms with E-state index in [9.17, 15) is 0 Å². The molecule has 0 aromatic heterocycles. The molecule has 0 aromatic carbocycles. The molecular formula is C7H12N2. The lowest BCUT2D eigenvalue weighted by Gasteiger charge is -2.05. The Bertz CT molecular complexity index is 136. The lowest BCUT2D eigenvalue weighted by Crippen LogP contribution is -2.12. The summed E-state index contributed by atoms with van der Waals surface area (Å²) in [5.41, 5.74) is 1.17. The number of hydrogen-bond donors (Lipinski definition) is 1. The Kier molecular flexibility index (Phi) is 2.31. The topological polar surface area (TPSA) is 24.4 Å². The van der Waals surface area contributed by atoms with E-state index >= 15 is 0 Å².